The van der Waals surface area contributed by atoms with Crippen molar-refractivity contribution < 1.29 is 14.6 Å². The first-order valence-corrected chi connectivity index (χ1v) is 5.19. The molecule has 0 bridgehead atoms. The Hall–Kier alpha value is -1.77. The van der Waals surface area contributed by atoms with E-state index in [9.17, 15) is 4.79 Å². The summed E-state index contributed by atoms with van der Waals surface area (Å²) in [6.45, 7) is 6.44. The largest absolute Gasteiger partial charge is 0.494 e. The maximum Gasteiger partial charge on any atom is 0.328 e. The van der Waals surface area contributed by atoms with Crippen molar-refractivity contribution in [1.29, 1.82) is 0 Å². The molecule has 16 heavy (non-hydrogen) atoms. The Morgan fingerprint density at radius 1 is 1.38 bits per heavy atom. The molecular formula is C13H16O3. The summed E-state index contributed by atoms with van der Waals surface area (Å²) >= 11 is 0. The Balaban J connectivity index is 3.07. The van der Waals surface area contributed by atoms with E-state index in [0.29, 0.717) is 6.61 Å². The molecule has 0 aliphatic heterocycles. The monoisotopic (exact) mass is 220 g/mol. The summed E-state index contributed by atoms with van der Waals surface area (Å²) in [4.78, 5) is 10.5. The summed E-state index contributed by atoms with van der Waals surface area (Å²) < 4.78 is 5.41. The molecule has 1 rings (SSSR count). The lowest BCUT2D eigenvalue weighted by Gasteiger charge is -2.09. The van der Waals surface area contributed by atoms with E-state index < -0.39 is 5.97 Å². The molecule has 3 nitrogen and oxygen atoms in total. The predicted molar refractivity (Wildman–Crippen MR) is 63.8 cm³/mol. The fraction of sp³-hybridized carbons (Fsp3) is 0.308. The van der Waals surface area contributed by atoms with Crippen LogP contribution in [0.3, 0.4) is 0 Å². The summed E-state index contributed by atoms with van der Waals surface area (Å²) in [7, 11) is 0. The van der Waals surface area contributed by atoms with E-state index in [2.05, 4.69) is 0 Å². The highest BCUT2D eigenvalue weighted by Gasteiger charge is 2.03. The number of aryl methyl sites for hydroxylation is 2. The lowest BCUT2D eigenvalue weighted by Crippen LogP contribution is -1.95. The lowest BCUT2D eigenvalue weighted by atomic mass is 10.0. The van der Waals surface area contributed by atoms with Crippen LogP contribution in [0.4, 0.5) is 0 Å². The molecule has 0 atom stereocenters. The van der Waals surface area contributed by atoms with Crippen molar-refractivity contribution in [3.8, 4) is 5.75 Å². The van der Waals surface area contributed by atoms with Gasteiger partial charge in [0.1, 0.15) is 5.75 Å². The highest BCUT2D eigenvalue weighted by molar-refractivity contribution is 5.86. The molecule has 1 N–H and O–H groups in total. The molecular weight excluding hydrogens is 204 g/mol. The van der Waals surface area contributed by atoms with Crippen molar-refractivity contribution >= 4 is 12.0 Å². The van der Waals surface area contributed by atoms with Gasteiger partial charge in [-0.15, -0.1) is 0 Å². The minimum absolute atomic E-state index is 0.628. The average Bonchev–Trinajstić information content (AvgIpc) is 2.16. The summed E-state index contributed by atoms with van der Waals surface area (Å²) in [5, 5.41) is 8.58. The van der Waals surface area contributed by atoms with E-state index in [1.807, 2.05) is 32.9 Å². The van der Waals surface area contributed by atoms with Gasteiger partial charge in [-0.3, -0.25) is 0 Å². The van der Waals surface area contributed by atoms with Crippen LogP contribution in [-0.4, -0.2) is 17.7 Å². The van der Waals surface area contributed by atoms with E-state index in [1.54, 1.807) is 6.08 Å². The number of ether oxygens (including phenoxy) is 1. The molecule has 0 heterocycles. The SMILES string of the molecule is CCOc1cc(C)c(/C=C/C(=O)O)c(C)c1. The summed E-state index contributed by atoms with van der Waals surface area (Å²) in [5.41, 5.74) is 2.97. The van der Waals surface area contributed by atoms with Gasteiger partial charge in [-0.25, -0.2) is 4.79 Å². The van der Waals surface area contributed by atoms with Crippen molar-refractivity contribution in [2.24, 2.45) is 0 Å². The van der Waals surface area contributed by atoms with Crippen LogP contribution >= 0.6 is 0 Å². The lowest BCUT2D eigenvalue weighted by molar-refractivity contribution is -0.131. The molecule has 1 aromatic rings. The fourth-order valence-corrected chi connectivity index (χ4v) is 1.60. The highest BCUT2D eigenvalue weighted by Crippen LogP contribution is 2.22. The van der Waals surface area contributed by atoms with E-state index in [1.165, 1.54) is 0 Å². The summed E-state index contributed by atoms with van der Waals surface area (Å²) in [5.74, 6) is -0.113. The molecule has 0 radical (unpaired) electrons. The Bertz CT molecular complexity index is 396. The van der Waals surface area contributed by atoms with Crippen LogP contribution in [0.2, 0.25) is 0 Å². The quantitative estimate of drug-likeness (QED) is 0.793. The van der Waals surface area contributed by atoms with Crippen molar-refractivity contribution in [2.75, 3.05) is 6.61 Å². The third kappa shape index (κ3) is 3.12. The zero-order chi connectivity index (χ0) is 12.1. The Labute approximate surface area is 95.4 Å². The number of rotatable bonds is 4. The molecule has 0 spiro atoms. The van der Waals surface area contributed by atoms with Gasteiger partial charge in [0.15, 0.2) is 0 Å². The van der Waals surface area contributed by atoms with Crippen LogP contribution in [0.1, 0.15) is 23.6 Å². The maximum absolute atomic E-state index is 10.5. The number of aliphatic carboxylic acids is 1. The maximum atomic E-state index is 10.5. The first-order chi connectivity index (χ1) is 7.54. The molecule has 1 aromatic carbocycles. The minimum atomic E-state index is -0.937. The molecule has 86 valence electrons. The van der Waals surface area contributed by atoms with Gasteiger partial charge in [-0.2, -0.15) is 0 Å². The van der Waals surface area contributed by atoms with Gasteiger partial charge in [-0.05, 0) is 55.7 Å². The van der Waals surface area contributed by atoms with Gasteiger partial charge >= 0.3 is 5.97 Å². The van der Waals surface area contributed by atoms with E-state index in [4.69, 9.17) is 9.84 Å². The molecule has 0 aromatic heterocycles. The minimum Gasteiger partial charge on any atom is -0.494 e. The zero-order valence-corrected chi connectivity index (χ0v) is 9.78. The number of benzene rings is 1. The topological polar surface area (TPSA) is 46.5 Å². The number of carbonyl (C=O) groups is 1. The standard InChI is InChI=1S/C13H16O3/c1-4-16-11-7-9(2)12(10(3)8-11)5-6-13(14)15/h5-8H,4H2,1-3H3,(H,14,15)/b6-5+. The highest BCUT2D eigenvalue weighted by atomic mass is 16.5. The molecule has 0 fully saturated rings. The van der Waals surface area contributed by atoms with Crippen LogP contribution in [-0.2, 0) is 4.79 Å². The third-order valence-electron chi connectivity index (χ3n) is 2.27. The average molecular weight is 220 g/mol. The summed E-state index contributed by atoms with van der Waals surface area (Å²) in [6.07, 6.45) is 2.76. The fourth-order valence-electron chi connectivity index (χ4n) is 1.60. The van der Waals surface area contributed by atoms with Crippen LogP contribution < -0.4 is 4.74 Å². The second-order valence-corrected chi connectivity index (χ2v) is 3.58. The van der Waals surface area contributed by atoms with Crippen LogP contribution in [0.15, 0.2) is 18.2 Å². The first-order valence-electron chi connectivity index (χ1n) is 5.19. The van der Waals surface area contributed by atoms with E-state index in [-0.39, 0.29) is 0 Å². The van der Waals surface area contributed by atoms with Crippen molar-refractivity contribution in [1.82, 2.24) is 0 Å². The number of carboxylic acids is 1. The van der Waals surface area contributed by atoms with Crippen LogP contribution in [0.25, 0.3) is 6.08 Å². The van der Waals surface area contributed by atoms with Gasteiger partial charge in [0.25, 0.3) is 0 Å². The van der Waals surface area contributed by atoms with E-state index >= 15 is 0 Å². The second-order valence-electron chi connectivity index (χ2n) is 3.58. The molecule has 0 amide bonds. The smallest absolute Gasteiger partial charge is 0.328 e. The molecule has 0 saturated heterocycles. The Kier molecular flexibility index (Phi) is 4.11. The van der Waals surface area contributed by atoms with Crippen LogP contribution in [0, 0.1) is 13.8 Å². The Morgan fingerprint density at radius 3 is 2.38 bits per heavy atom. The van der Waals surface area contributed by atoms with Gasteiger partial charge in [0.2, 0.25) is 0 Å². The van der Waals surface area contributed by atoms with Gasteiger partial charge in [-0.1, -0.05) is 0 Å². The normalized spacial score (nSPS) is 10.7. The van der Waals surface area contributed by atoms with E-state index in [0.717, 1.165) is 28.5 Å². The molecule has 0 unspecified atom stereocenters. The van der Waals surface area contributed by atoms with Gasteiger partial charge < -0.3 is 9.84 Å². The van der Waals surface area contributed by atoms with Crippen molar-refractivity contribution in [3.63, 3.8) is 0 Å². The third-order valence-corrected chi connectivity index (χ3v) is 2.27. The number of carboxylic acid groups (broad SMARTS) is 1. The molecule has 0 aliphatic carbocycles. The molecule has 0 saturated carbocycles. The zero-order valence-electron chi connectivity index (χ0n) is 9.78. The number of hydrogen-bond donors (Lipinski definition) is 1. The van der Waals surface area contributed by atoms with Gasteiger partial charge in [0.05, 0.1) is 6.61 Å². The Morgan fingerprint density at radius 2 is 1.94 bits per heavy atom. The van der Waals surface area contributed by atoms with Crippen molar-refractivity contribution in [3.05, 3.63) is 34.9 Å². The summed E-state index contributed by atoms with van der Waals surface area (Å²) in [6, 6.07) is 3.83. The molecule has 3 heteroatoms. The molecule has 0 aliphatic rings. The predicted octanol–water partition coefficient (Wildman–Crippen LogP) is 2.80. The van der Waals surface area contributed by atoms with Gasteiger partial charge in [0, 0.05) is 6.08 Å². The van der Waals surface area contributed by atoms with Crippen LogP contribution in [0.5, 0.6) is 5.75 Å². The van der Waals surface area contributed by atoms with Crippen molar-refractivity contribution in [2.45, 2.75) is 20.8 Å². The first kappa shape index (κ1) is 12.3. The second kappa shape index (κ2) is 5.35. The number of hydrogen-bond acceptors (Lipinski definition) is 2.